The molecule has 0 radical (unpaired) electrons. The van der Waals surface area contributed by atoms with Crippen molar-refractivity contribution >= 4 is 17.5 Å². The SMILES string of the molecule is CCCCOc1nc(Cl)nc(NCCC)n1. The van der Waals surface area contributed by atoms with Gasteiger partial charge in [-0.05, 0) is 24.4 Å². The van der Waals surface area contributed by atoms with E-state index < -0.39 is 0 Å². The fourth-order valence-corrected chi connectivity index (χ4v) is 1.17. The first-order valence-electron chi connectivity index (χ1n) is 5.54. The van der Waals surface area contributed by atoms with Gasteiger partial charge in [0.25, 0.3) is 0 Å². The Kier molecular flexibility index (Phi) is 5.85. The van der Waals surface area contributed by atoms with Crippen molar-refractivity contribution in [3.8, 4) is 6.01 Å². The summed E-state index contributed by atoms with van der Waals surface area (Å²) in [4.78, 5) is 11.9. The van der Waals surface area contributed by atoms with Gasteiger partial charge in [0.2, 0.25) is 11.2 Å². The molecule has 0 aromatic carbocycles. The smallest absolute Gasteiger partial charge is 0.322 e. The van der Waals surface area contributed by atoms with Crippen LogP contribution in [0.25, 0.3) is 0 Å². The fraction of sp³-hybridized carbons (Fsp3) is 0.700. The van der Waals surface area contributed by atoms with E-state index in [2.05, 4.69) is 34.1 Å². The van der Waals surface area contributed by atoms with Crippen LogP contribution < -0.4 is 10.1 Å². The second kappa shape index (κ2) is 7.22. The van der Waals surface area contributed by atoms with Crippen LogP contribution in [0.3, 0.4) is 0 Å². The number of rotatable bonds is 7. The summed E-state index contributed by atoms with van der Waals surface area (Å²) in [5.41, 5.74) is 0. The molecule has 6 heteroatoms. The minimum atomic E-state index is 0.153. The van der Waals surface area contributed by atoms with Gasteiger partial charge in [0.1, 0.15) is 0 Å². The zero-order chi connectivity index (χ0) is 11.8. The summed E-state index contributed by atoms with van der Waals surface area (Å²) in [6.45, 7) is 5.56. The minimum Gasteiger partial charge on any atom is -0.463 e. The molecular formula is C10H17ClN4O. The highest BCUT2D eigenvalue weighted by molar-refractivity contribution is 6.28. The molecule has 16 heavy (non-hydrogen) atoms. The van der Waals surface area contributed by atoms with Crippen molar-refractivity contribution in [3.05, 3.63) is 5.28 Å². The predicted octanol–water partition coefficient (Wildman–Crippen LogP) is 2.53. The van der Waals surface area contributed by atoms with E-state index in [1.807, 2.05) is 0 Å². The van der Waals surface area contributed by atoms with Gasteiger partial charge in [-0.1, -0.05) is 20.3 Å². The maximum absolute atomic E-state index is 5.76. The minimum absolute atomic E-state index is 0.153. The third kappa shape index (κ3) is 4.61. The summed E-state index contributed by atoms with van der Waals surface area (Å²) in [5, 5.41) is 3.19. The lowest BCUT2D eigenvalue weighted by molar-refractivity contribution is 0.285. The van der Waals surface area contributed by atoms with Crippen molar-refractivity contribution in [2.75, 3.05) is 18.5 Å². The lowest BCUT2D eigenvalue weighted by Crippen LogP contribution is -2.08. The maximum atomic E-state index is 5.76. The van der Waals surface area contributed by atoms with Gasteiger partial charge in [-0.3, -0.25) is 0 Å². The standard InChI is InChI=1S/C10H17ClN4O/c1-3-5-7-16-10-14-8(11)13-9(15-10)12-6-4-2/h3-7H2,1-2H3,(H,12,13,14,15). The lowest BCUT2D eigenvalue weighted by atomic mass is 10.4. The summed E-state index contributed by atoms with van der Waals surface area (Å²) in [7, 11) is 0. The zero-order valence-corrected chi connectivity index (χ0v) is 10.4. The summed E-state index contributed by atoms with van der Waals surface area (Å²) in [6.07, 6.45) is 3.04. The Balaban J connectivity index is 2.58. The molecular weight excluding hydrogens is 228 g/mol. The molecule has 0 unspecified atom stereocenters. The fourth-order valence-electron chi connectivity index (χ4n) is 1.02. The van der Waals surface area contributed by atoms with Gasteiger partial charge >= 0.3 is 6.01 Å². The number of aromatic nitrogens is 3. The van der Waals surface area contributed by atoms with Crippen molar-refractivity contribution in [1.82, 2.24) is 15.0 Å². The van der Waals surface area contributed by atoms with E-state index in [1.165, 1.54) is 0 Å². The van der Waals surface area contributed by atoms with Gasteiger partial charge in [-0.15, -0.1) is 0 Å². The van der Waals surface area contributed by atoms with Gasteiger partial charge in [0.15, 0.2) is 0 Å². The second-order valence-corrected chi connectivity index (χ2v) is 3.68. The molecule has 0 spiro atoms. The number of halogens is 1. The summed E-state index contributed by atoms with van der Waals surface area (Å²) in [6, 6.07) is 0.284. The van der Waals surface area contributed by atoms with Crippen LogP contribution in [0.1, 0.15) is 33.1 Å². The van der Waals surface area contributed by atoms with Crippen molar-refractivity contribution in [2.45, 2.75) is 33.1 Å². The van der Waals surface area contributed by atoms with Crippen molar-refractivity contribution in [1.29, 1.82) is 0 Å². The predicted molar refractivity (Wildman–Crippen MR) is 64.0 cm³/mol. The van der Waals surface area contributed by atoms with Crippen molar-refractivity contribution in [2.24, 2.45) is 0 Å². The Labute approximate surface area is 101 Å². The zero-order valence-electron chi connectivity index (χ0n) is 9.66. The lowest BCUT2D eigenvalue weighted by Gasteiger charge is -2.06. The molecule has 0 aliphatic carbocycles. The first-order valence-corrected chi connectivity index (χ1v) is 5.92. The van der Waals surface area contributed by atoms with Crippen LogP contribution in [0.5, 0.6) is 6.01 Å². The van der Waals surface area contributed by atoms with Gasteiger partial charge in [0.05, 0.1) is 6.61 Å². The van der Waals surface area contributed by atoms with Crippen LogP contribution in [0.15, 0.2) is 0 Å². The molecule has 90 valence electrons. The molecule has 0 amide bonds. The molecule has 0 saturated heterocycles. The average molecular weight is 245 g/mol. The van der Waals surface area contributed by atoms with Crippen LogP contribution in [-0.2, 0) is 0 Å². The van der Waals surface area contributed by atoms with Crippen molar-refractivity contribution in [3.63, 3.8) is 0 Å². The van der Waals surface area contributed by atoms with Gasteiger partial charge < -0.3 is 10.1 Å². The molecule has 0 aliphatic heterocycles. The van der Waals surface area contributed by atoms with Crippen LogP contribution in [0.2, 0.25) is 5.28 Å². The quantitative estimate of drug-likeness (QED) is 0.747. The third-order valence-electron chi connectivity index (χ3n) is 1.85. The van der Waals surface area contributed by atoms with Crippen molar-refractivity contribution < 1.29 is 4.74 Å². The van der Waals surface area contributed by atoms with Gasteiger partial charge in [-0.25, -0.2) is 0 Å². The topological polar surface area (TPSA) is 59.9 Å². The highest BCUT2D eigenvalue weighted by atomic mass is 35.5. The van der Waals surface area contributed by atoms with Crippen LogP contribution in [0, 0.1) is 0 Å². The van der Waals surface area contributed by atoms with E-state index in [9.17, 15) is 0 Å². The highest BCUT2D eigenvalue weighted by Crippen LogP contribution is 2.11. The van der Waals surface area contributed by atoms with E-state index in [-0.39, 0.29) is 11.3 Å². The molecule has 5 nitrogen and oxygen atoms in total. The maximum Gasteiger partial charge on any atom is 0.322 e. The molecule has 0 fully saturated rings. The van der Waals surface area contributed by atoms with Crippen LogP contribution in [0.4, 0.5) is 5.95 Å². The largest absolute Gasteiger partial charge is 0.463 e. The number of hydrogen-bond acceptors (Lipinski definition) is 5. The Morgan fingerprint density at radius 2 is 2.00 bits per heavy atom. The molecule has 0 bridgehead atoms. The average Bonchev–Trinajstić information content (AvgIpc) is 2.26. The number of ether oxygens (including phenoxy) is 1. The van der Waals surface area contributed by atoms with E-state index >= 15 is 0 Å². The van der Waals surface area contributed by atoms with Crippen LogP contribution >= 0.6 is 11.6 Å². The molecule has 1 aromatic rings. The summed E-state index contributed by atoms with van der Waals surface area (Å²) >= 11 is 5.76. The Bertz CT molecular complexity index is 322. The molecule has 1 heterocycles. The molecule has 0 aliphatic rings. The van der Waals surface area contributed by atoms with E-state index in [0.29, 0.717) is 12.6 Å². The van der Waals surface area contributed by atoms with Gasteiger partial charge in [0, 0.05) is 6.54 Å². The van der Waals surface area contributed by atoms with E-state index in [0.717, 1.165) is 25.8 Å². The highest BCUT2D eigenvalue weighted by Gasteiger charge is 2.04. The first-order chi connectivity index (χ1) is 7.76. The number of nitrogens with one attached hydrogen (secondary N) is 1. The van der Waals surface area contributed by atoms with Crippen LogP contribution in [-0.4, -0.2) is 28.1 Å². The molecule has 1 N–H and O–H groups in total. The number of hydrogen-bond donors (Lipinski definition) is 1. The normalized spacial score (nSPS) is 10.2. The monoisotopic (exact) mass is 244 g/mol. The number of nitrogens with zero attached hydrogens (tertiary/aromatic N) is 3. The summed E-state index contributed by atoms with van der Waals surface area (Å²) < 4.78 is 5.36. The number of unbranched alkanes of at least 4 members (excludes halogenated alkanes) is 1. The molecule has 1 aromatic heterocycles. The Morgan fingerprint density at radius 1 is 1.19 bits per heavy atom. The third-order valence-corrected chi connectivity index (χ3v) is 2.02. The van der Waals surface area contributed by atoms with E-state index in [1.54, 1.807) is 0 Å². The van der Waals surface area contributed by atoms with E-state index in [4.69, 9.17) is 16.3 Å². The molecule has 0 saturated carbocycles. The number of anilines is 1. The Hall–Kier alpha value is -1.10. The van der Waals surface area contributed by atoms with Gasteiger partial charge in [-0.2, -0.15) is 15.0 Å². The first kappa shape index (κ1) is 13.0. The summed E-state index contributed by atoms with van der Waals surface area (Å²) in [5.74, 6) is 0.466. The molecule has 0 atom stereocenters. The second-order valence-electron chi connectivity index (χ2n) is 3.34. The molecule has 1 rings (SSSR count). The Morgan fingerprint density at radius 3 is 2.69 bits per heavy atom.